The molecule has 2 bridgehead atoms. The van der Waals surface area contributed by atoms with E-state index in [9.17, 15) is 10.5 Å². The van der Waals surface area contributed by atoms with E-state index in [-0.39, 0.29) is 16.7 Å². The molecule has 16 rings (SSSR count). The molecular formula is C71H55N3. The molecule has 11 aromatic rings. The highest BCUT2D eigenvalue weighted by Gasteiger charge is 2.45. The summed E-state index contributed by atoms with van der Waals surface area (Å²) in [7, 11) is 0. The molecule has 5 aliphatic rings. The molecule has 354 valence electrons. The predicted molar refractivity (Wildman–Crippen MR) is 305 cm³/mol. The normalized spacial score (nSPS) is 17.4. The van der Waals surface area contributed by atoms with Crippen LogP contribution in [0.4, 0.5) is 0 Å². The SMILES string of the molecule is CC(C)c1c(-c2c(-c3ccccc3)cc(-c3ccccc3)cc2-c2ccccc2)c(C#N)cc2c1c1c3c(cc4c5c6c(c(C#N)cc5n2c41)C1CCC6CC1)-c1cc2c(cc1C3(C)C)-c1ccccc1C2(C)C. The van der Waals surface area contributed by atoms with Gasteiger partial charge in [0.05, 0.1) is 39.8 Å². The molecule has 0 unspecified atom stereocenters. The van der Waals surface area contributed by atoms with Crippen molar-refractivity contribution in [1.82, 2.24) is 4.40 Å². The first-order chi connectivity index (χ1) is 36.0. The molecule has 0 saturated heterocycles. The largest absolute Gasteiger partial charge is 0.308 e. The zero-order valence-electron chi connectivity index (χ0n) is 42.9. The van der Waals surface area contributed by atoms with Crippen molar-refractivity contribution in [3.05, 3.63) is 208 Å². The maximum absolute atomic E-state index is 11.9. The van der Waals surface area contributed by atoms with E-state index in [0.717, 1.165) is 86.8 Å². The van der Waals surface area contributed by atoms with E-state index < -0.39 is 0 Å². The Morgan fingerprint density at radius 1 is 0.459 bits per heavy atom. The second-order valence-corrected chi connectivity index (χ2v) is 23.4. The third-order valence-corrected chi connectivity index (χ3v) is 18.6. The van der Waals surface area contributed by atoms with Gasteiger partial charge in [-0.05, 0) is 186 Å². The first-order valence-corrected chi connectivity index (χ1v) is 26.9. The molecule has 74 heavy (non-hydrogen) atoms. The minimum atomic E-state index is -0.381. The molecule has 0 atom stereocenters. The van der Waals surface area contributed by atoms with E-state index in [1.54, 1.807) is 0 Å². The van der Waals surface area contributed by atoms with E-state index in [4.69, 9.17) is 0 Å². The Morgan fingerprint density at radius 3 is 1.59 bits per heavy atom. The van der Waals surface area contributed by atoms with Gasteiger partial charge in [0.1, 0.15) is 0 Å². The Kier molecular flexibility index (Phi) is 8.88. The lowest BCUT2D eigenvalue weighted by atomic mass is 9.65. The van der Waals surface area contributed by atoms with Crippen LogP contribution in [-0.4, -0.2) is 4.40 Å². The van der Waals surface area contributed by atoms with Gasteiger partial charge in [-0.25, -0.2) is 0 Å². The second kappa shape index (κ2) is 15.2. The molecule has 5 aliphatic carbocycles. The lowest BCUT2D eigenvalue weighted by Crippen LogP contribution is -2.23. The summed E-state index contributed by atoms with van der Waals surface area (Å²) in [6.07, 6.45) is 4.63. The van der Waals surface area contributed by atoms with Crippen LogP contribution < -0.4 is 0 Å². The van der Waals surface area contributed by atoms with Crippen molar-refractivity contribution in [3.63, 3.8) is 0 Å². The third kappa shape index (κ3) is 5.55. The molecule has 2 heterocycles. The van der Waals surface area contributed by atoms with Gasteiger partial charge in [-0.1, -0.05) is 157 Å². The predicted octanol–water partition coefficient (Wildman–Crippen LogP) is 18.7. The summed E-state index contributed by atoms with van der Waals surface area (Å²) >= 11 is 0. The van der Waals surface area contributed by atoms with Crippen molar-refractivity contribution < 1.29 is 0 Å². The Balaban J connectivity index is 1.15. The molecule has 1 fully saturated rings. The van der Waals surface area contributed by atoms with Crippen molar-refractivity contribution in [2.24, 2.45) is 0 Å². The summed E-state index contributed by atoms with van der Waals surface area (Å²) in [6, 6.07) is 63.8. The van der Waals surface area contributed by atoms with Crippen LogP contribution in [0.3, 0.4) is 0 Å². The summed E-state index contributed by atoms with van der Waals surface area (Å²) in [5.74, 6) is 0.844. The summed E-state index contributed by atoms with van der Waals surface area (Å²) in [4.78, 5) is 0. The van der Waals surface area contributed by atoms with Crippen molar-refractivity contribution in [2.75, 3.05) is 0 Å². The standard InChI is InChI=1S/C71H55N3/c1-39(2)60-63(64-49(41-20-12-8-13-21-41)30-45(40-18-10-7-11-19-40)31-50(64)42-22-14-9-15-23-42)47(38-73)33-59-66(60)67-68-53(52-36-56-51(35-57(52)71(68,5)6)48-24-16-17-25-55(48)70(56,3)4)34-54-65-58(74(59)69(54)67)32-46(37-72)61-43-26-28-44(29-27-43)62(61)65/h7-25,30-36,39,43-44H,26-29H2,1-6H3. The highest BCUT2D eigenvalue weighted by Crippen LogP contribution is 2.62. The maximum Gasteiger partial charge on any atom is 0.0999 e. The molecule has 0 N–H and O–H groups in total. The average molecular weight is 950 g/mol. The number of nitrogens with zero attached hydrogens (tertiary/aromatic N) is 3. The number of aromatic nitrogens is 1. The third-order valence-electron chi connectivity index (χ3n) is 18.6. The summed E-state index contributed by atoms with van der Waals surface area (Å²) in [6.45, 7) is 14.4. The molecule has 0 amide bonds. The van der Waals surface area contributed by atoms with Gasteiger partial charge in [0.15, 0.2) is 0 Å². The van der Waals surface area contributed by atoms with Crippen LogP contribution in [0, 0.1) is 22.7 Å². The van der Waals surface area contributed by atoms with Crippen molar-refractivity contribution in [2.45, 2.75) is 95.8 Å². The van der Waals surface area contributed by atoms with Gasteiger partial charge in [0.25, 0.3) is 0 Å². The van der Waals surface area contributed by atoms with E-state index in [1.807, 2.05) is 0 Å². The quantitative estimate of drug-likeness (QED) is 0.173. The Labute approximate surface area is 433 Å². The molecule has 2 aromatic heterocycles. The zero-order valence-corrected chi connectivity index (χ0v) is 42.9. The Bertz CT molecular complexity index is 4270. The second-order valence-electron chi connectivity index (χ2n) is 23.4. The fraction of sp³-hybridized carbons (Fsp3) is 0.211. The number of nitriles is 2. The molecule has 0 radical (unpaired) electrons. The number of fused-ring (bicyclic) bond motifs is 15. The fourth-order valence-electron chi connectivity index (χ4n) is 15.4. The van der Waals surface area contributed by atoms with E-state index in [0.29, 0.717) is 17.4 Å². The van der Waals surface area contributed by atoms with Gasteiger partial charge in [-0.3, -0.25) is 0 Å². The molecule has 3 nitrogen and oxygen atoms in total. The lowest BCUT2D eigenvalue weighted by molar-refractivity contribution is 0.361. The van der Waals surface area contributed by atoms with Crippen LogP contribution in [-0.2, 0) is 10.8 Å². The van der Waals surface area contributed by atoms with E-state index >= 15 is 0 Å². The lowest BCUT2D eigenvalue weighted by Gasteiger charge is -2.39. The summed E-state index contributed by atoms with van der Waals surface area (Å²) in [5, 5.41) is 28.1. The van der Waals surface area contributed by atoms with Crippen molar-refractivity contribution >= 4 is 38.1 Å². The van der Waals surface area contributed by atoms with E-state index in [2.05, 4.69) is 216 Å². The van der Waals surface area contributed by atoms with Crippen LogP contribution in [0.1, 0.15) is 135 Å². The monoisotopic (exact) mass is 949 g/mol. The Hall–Kier alpha value is -8.24. The average Bonchev–Trinajstić information content (AvgIpc) is 4.28. The smallest absolute Gasteiger partial charge is 0.0999 e. The number of hydrogen-bond donors (Lipinski definition) is 0. The zero-order chi connectivity index (χ0) is 50.1. The topological polar surface area (TPSA) is 52.0 Å². The minimum Gasteiger partial charge on any atom is -0.308 e. The maximum atomic E-state index is 11.9. The highest BCUT2D eigenvalue weighted by molar-refractivity contribution is 6.29. The molecular weight excluding hydrogens is 895 g/mol. The molecule has 9 aromatic carbocycles. The first-order valence-electron chi connectivity index (χ1n) is 26.9. The van der Waals surface area contributed by atoms with Crippen LogP contribution in [0.25, 0.3) is 105 Å². The van der Waals surface area contributed by atoms with Crippen molar-refractivity contribution in [3.8, 4) is 78.9 Å². The van der Waals surface area contributed by atoms with Crippen LogP contribution in [0.15, 0.2) is 158 Å². The minimum absolute atomic E-state index is 0.0148. The molecule has 0 spiro atoms. The van der Waals surface area contributed by atoms with Crippen LogP contribution in [0.5, 0.6) is 0 Å². The van der Waals surface area contributed by atoms with Gasteiger partial charge in [0.2, 0.25) is 0 Å². The first kappa shape index (κ1) is 43.4. The highest BCUT2D eigenvalue weighted by atomic mass is 14.9. The molecule has 1 saturated carbocycles. The molecule has 3 heteroatoms. The number of rotatable bonds is 5. The van der Waals surface area contributed by atoms with Crippen molar-refractivity contribution in [1.29, 1.82) is 10.5 Å². The fourth-order valence-corrected chi connectivity index (χ4v) is 15.4. The summed E-state index contributed by atoms with van der Waals surface area (Å²) < 4.78 is 2.52. The Morgan fingerprint density at radius 2 is 0.986 bits per heavy atom. The van der Waals surface area contributed by atoms with Gasteiger partial charge in [-0.2, -0.15) is 10.5 Å². The van der Waals surface area contributed by atoms with E-state index in [1.165, 1.54) is 88.3 Å². The van der Waals surface area contributed by atoms with Gasteiger partial charge < -0.3 is 4.40 Å². The van der Waals surface area contributed by atoms with Crippen LogP contribution >= 0.6 is 0 Å². The number of benzene rings is 9. The van der Waals surface area contributed by atoms with Gasteiger partial charge in [-0.15, -0.1) is 0 Å². The number of hydrogen-bond acceptors (Lipinski definition) is 2. The molecule has 0 aliphatic heterocycles. The van der Waals surface area contributed by atoms with Gasteiger partial charge in [0, 0.05) is 37.9 Å². The van der Waals surface area contributed by atoms with Gasteiger partial charge >= 0.3 is 0 Å². The van der Waals surface area contributed by atoms with Crippen LogP contribution in [0.2, 0.25) is 0 Å². The summed E-state index contributed by atoms with van der Waals surface area (Å²) in [5.41, 5.74) is 27.8.